The van der Waals surface area contributed by atoms with Gasteiger partial charge >= 0.3 is 0 Å². The van der Waals surface area contributed by atoms with Gasteiger partial charge in [-0.05, 0) is 50.3 Å². The molecule has 2 amide bonds. The van der Waals surface area contributed by atoms with Gasteiger partial charge in [-0.1, -0.05) is 31.9 Å². The van der Waals surface area contributed by atoms with Gasteiger partial charge in [-0.15, -0.1) is 0 Å². The first-order valence-corrected chi connectivity index (χ1v) is 8.70. The number of amides is 2. The van der Waals surface area contributed by atoms with Gasteiger partial charge in [0.05, 0.1) is 6.04 Å². The maximum Gasteiger partial charge on any atom is 0.227 e. The van der Waals surface area contributed by atoms with Crippen molar-refractivity contribution in [3.63, 3.8) is 0 Å². The zero-order valence-corrected chi connectivity index (χ0v) is 14.0. The van der Waals surface area contributed by atoms with E-state index in [9.17, 15) is 9.59 Å². The van der Waals surface area contributed by atoms with Gasteiger partial charge in [0.25, 0.3) is 0 Å². The predicted molar refractivity (Wildman–Crippen MR) is 90.9 cm³/mol. The monoisotopic (exact) mass is 314 g/mol. The Morgan fingerprint density at radius 2 is 1.74 bits per heavy atom. The van der Waals surface area contributed by atoms with Crippen LogP contribution in [0, 0.1) is 11.3 Å². The molecule has 1 atom stereocenters. The summed E-state index contributed by atoms with van der Waals surface area (Å²) >= 11 is 0. The van der Waals surface area contributed by atoms with Crippen molar-refractivity contribution in [3.8, 4) is 0 Å². The van der Waals surface area contributed by atoms with Crippen molar-refractivity contribution < 1.29 is 9.59 Å². The molecule has 0 aromatic heterocycles. The van der Waals surface area contributed by atoms with Crippen LogP contribution in [-0.2, 0) is 9.59 Å². The lowest BCUT2D eigenvalue weighted by Crippen LogP contribution is -2.38. The first kappa shape index (κ1) is 16.0. The highest BCUT2D eigenvalue weighted by molar-refractivity contribution is 5.94. The standard InChI is InChI=1S/C19H26N2O2/c1-13(20-18(23)19(2)11-3-4-12-19)14-7-9-16(10-8-14)21-17(22)15-5-6-15/h7-10,13,15H,3-6,11-12H2,1-2H3,(H,20,23)(H,21,22). The topological polar surface area (TPSA) is 58.2 Å². The van der Waals surface area contributed by atoms with Crippen molar-refractivity contribution in [1.82, 2.24) is 5.32 Å². The van der Waals surface area contributed by atoms with Crippen LogP contribution in [0.4, 0.5) is 5.69 Å². The largest absolute Gasteiger partial charge is 0.349 e. The minimum Gasteiger partial charge on any atom is -0.349 e. The first-order valence-electron chi connectivity index (χ1n) is 8.70. The maximum atomic E-state index is 12.5. The van der Waals surface area contributed by atoms with Crippen LogP contribution in [-0.4, -0.2) is 11.8 Å². The third kappa shape index (κ3) is 3.74. The van der Waals surface area contributed by atoms with Gasteiger partial charge in [-0.25, -0.2) is 0 Å². The summed E-state index contributed by atoms with van der Waals surface area (Å²) in [4.78, 5) is 24.2. The highest BCUT2D eigenvalue weighted by atomic mass is 16.2. The fourth-order valence-corrected chi connectivity index (χ4v) is 3.28. The van der Waals surface area contributed by atoms with Crippen LogP contribution < -0.4 is 10.6 Å². The van der Waals surface area contributed by atoms with Gasteiger partial charge in [0.2, 0.25) is 11.8 Å². The summed E-state index contributed by atoms with van der Waals surface area (Å²) in [6, 6.07) is 7.76. The quantitative estimate of drug-likeness (QED) is 0.868. The number of carbonyl (C=O) groups excluding carboxylic acids is 2. The molecule has 2 N–H and O–H groups in total. The molecule has 124 valence electrons. The second kappa shape index (κ2) is 6.34. The number of benzene rings is 1. The average molecular weight is 314 g/mol. The van der Waals surface area contributed by atoms with E-state index in [2.05, 4.69) is 17.6 Å². The molecule has 4 heteroatoms. The number of rotatable bonds is 5. The number of hydrogen-bond acceptors (Lipinski definition) is 2. The van der Waals surface area contributed by atoms with Crippen molar-refractivity contribution in [2.24, 2.45) is 11.3 Å². The lowest BCUT2D eigenvalue weighted by Gasteiger charge is -2.25. The first-order chi connectivity index (χ1) is 11.0. The summed E-state index contributed by atoms with van der Waals surface area (Å²) in [5, 5.41) is 6.08. The van der Waals surface area contributed by atoms with E-state index in [1.165, 1.54) is 0 Å². The maximum absolute atomic E-state index is 12.5. The molecular weight excluding hydrogens is 288 g/mol. The van der Waals surface area contributed by atoms with E-state index in [4.69, 9.17) is 0 Å². The van der Waals surface area contributed by atoms with Crippen molar-refractivity contribution in [2.75, 3.05) is 5.32 Å². The molecule has 0 saturated heterocycles. The third-order valence-corrected chi connectivity index (χ3v) is 5.23. The zero-order valence-electron chi connectivity index (χ0n) is 14.0. The second-order valence-electron chi connectivity index (χ2n) is 7.35. The molecule has 0 aliphatic heterocycles. The third-order valence-electron chi connectivity index (χ3n) is 5.23. The molecule has 2 saturated carbocycles. The van der Waals surface area contributed by atoms with Gasteiger partial charge in [-0.2, -0.15) is 0 Å². The van der Waals surface area contributed by atoms with E-state index in [-0.39, 0.29) is 29.2 Å². The molecule has 0 radical (unpaired) electrons. The molecular formula is C19H26N2O2. The summed E-state index contributed by atoms with van der Waals surface area (Å²) in [6.45, 7) is 4.08. The molecule has 1 unspecified atom stereocenters. The molecule has 3 rings (SSSR count). The van der Waals surface area contributed by atoms with E-state index in [0.29, 0.717) is 0 Å². The Balaban J connectivity index is 1.57. The summed E-state index contributed by atoms with van der Waals surface area (Å²) in [5.41, 5.74) is 1.68. The fraction of sp³-hybridized carbons (Fsp3) is 0.579. The van der Waals surface area contributed by atoms with Crippen LogP contribution in [0.5, 0.6) is 0 Å². The minimum absolute atomic E-state index is 0.0203. The van der Waals surface area contributed by atoms with E-state index < -0.39 is 0 Å². The highest BCUT2D eigenvalue weighted by Gasteiger charge is 2.36. The van der Waals surface area contributed by atoms with Crippen LogP contribution in [0.25, 0.3) is 0 Å². The Bertz CT molecular complexity index is 584. The number of anilines is 1. The smallest absolute Gasteiger partial charge is 0.227 e. The van der Waals surface area contributed by atoms with Crippen LogP contribution in [0.2, 0.25) is 0 Å². The van der Waals surface area contributed by atoms with Crippen molar-refractivity contribution in [3.05, 3.63) is 29.8 Å². The second-order valence-corrected chi connectivity index (χ2v) is 7.35. The van der Waals surface area contributed by atoms with Crippen LogP contribution in [0.1, 0.15) is 64.0 Å². The van der Waals surface area contributed by atoms with Gasteiger partial charge < -0.3 is 10.6 Å². The van der Waals surface area contributed by atoms with Gasteiger partial charge in [0.15, 0.2) is 0 Å². The van der Waals surface area contributed by atoms with Crippen molar-refractivity contribution in [2.45, 2.75) is 58.4 Å². The summed E-state index contributed by atoms with van der Waals surface area (Å²) in [6.07, 6.45) is 6.27. The molecule has 2 aliphatic carbocycles. The molecule has 0 heterocycles. The van der Waals surface area contributed by atoms with E-state index >= 15 is 0 Å². The summed E-state index contributed by atoms with van der Waals surface area (Å²) in [7, 11) is 0. The Morgan fingerprint density at radius 3 is 2.30 bits per heavy atom. The molecule has 2 aliphatic rings. The van der Waals surface area contributed by atoms with Crippen molar-refractivity contribution in [1.29, 1.82) is 0 Å². The number of hydrogen-bond donors (Lipinski definition) is 2. The Hall–Kier alpha value is -1.84. The number of nitrogens with one attached hydrogen (secondary N) is 2. The van der Waals surface area contributed by atoms with E-state index in [1.54, 1.807) is 0 Å². The molecule has 1 aromatic rings. The lowest BCUT2D eigenvalue weighted by molar-refractivity contribution is -0.130. The summed E-state index contributed by atoms with van der Waals surface area (Å²) < 4.78 is 0. The molecule has 23 heavy (non-hydrogen) atoms. The predicted octanol–water partition coefficient (Wildman–Crippen LogP) is 3.79. The molecule has 0 bridgehead atoms. The van der Waals surface area contributed by atoms with Crippen LogP contribution in [0.15, 0.2) is 24.3 Å². The molecule has 1 aromatic carbocycles. The Morgan fingerprint density at radius 1 is 1.13 bits per heavy atom. The lowest BCUT2D eigenvalue weighted by atomic mass is 9.87. The SMILES string of the molecule is CC(NC(=O)C1(C)CCCC1)c1ccc(NC(=O)C2CC2)cc1. The van der Waals surface area contributed by atoms with Gasteiger partial charge in [-0.3, -0.25) is 9.59 Å². The van der Waals surface area contributed by atoms with Gasteiger partial charge in [0.1, 0.15) is 0 Å². The normalized spacial score (nSPS) is 20.8. The van der Waals surface area contributed by atoms with E-state index in [0.717, 1.165) is 49.8 Å². The zero-order chi connectivity index (χ0) is 16.4. The number of carbonyl (C=O) groups is 2. The Kier molecular flexibility index (Phi) is 4.42. The molecule has 4 nitrogen and oxygen atoms in total. The average Bonchev–Trinajstić information content (AvgIpc) is 3.30. The van der Waals surface area contributed by atoms with E-state index in [1.807, 2.05) is 31.2 Å². The van der Waals surface area contributed by atoms with Crippen LogP contribution >= 0.6 is 0 Å². The van der Waals surface area contributed by atoms with Crippen LogP contribution in [0.3, 0.4) is 0 Å². The molecule has 0 spiro atoms. The van der Waals surface area contributed by atoms with Crippen molar-refractivity contribution >= 4 is 17.5 Å². The van der Waals surface area contributed by atoms with Gasteiger partial charge in [0, 0.05) is 17.0 Å². The Labute approximate surface area is 138 Å². The molecule has 2 fully saturated rings. The fourth-order valence-electron chi connectivity index (χ4n) is 3.28. The summed E-state index contributed by atoms with van der Waals surface area (Å²) in [5.74, 6) is 0.488. The minimum atomic E-state index is -0.202. The highest BCUT2D eigenvalue weighted by Crippen LogP contribution is 2.38.